The first-order valence-electron chi connectivity index (χ1n) is 9.96. The average Bonchev–Trinajstić information content (AvgIpc) is 3.37. The van der Waals surface area contributed by atoms with E-state index in [0.717, 1.165) is 32.0 Å². The molecular formula is C20H32N4OS. The molecule has 0 spiro atoms. The van der Waals surface area contributed by atoms with Crippen LogP contribution in [0.25, 0.3) is 0 Å². The molecule has 1 aliphatic carbocycles. The fraction of sp³-hybridized carbons (Fsp3) is 0.700. The second-order valence-corrected chi connectivity index (χ2v) is 8.51. The summed E-state index contributed by atoms with van der Waals surface area (Å²) in [5.74, 6) is 1.11. The maximum atomic E-state index is 11.9. The molecule has 1 amide bonds. The van der Waals surface area contributed by atoms with Crippen LogP contribution in [0.15, 0.2) is 22.5 Å². The third-order valence-electron chi connectivity index (χ3n) is 5.86. The summed E-state index contributed by atoms with van der Waals surface area (Å²) in [7, 11) is 1.83. The second-order valence-electron chi connectivity index (χ2n) is 7.57. The van der Waals surface area contributed by atoms with Crippen LogP contribution in [0.5, 0.6) is 0 Å². The number of rotatable bonds is 5. The van der Waals surface area contributed by atoms with Gasteiger partial charge in [0, 0.05) is 49.4 Å². The molecule has 1 unspecified atom stereocenters. The van der Waals surface area contributed by atoms with Crippen molar-refractivity contribution in [1.82, 2.24) is 15.5 Å². The number of hydrogen-bond acceptors (Lipinski definition) is 3. The molecular weight excluding hydrogens is 344 g/mol. The molecule has 2 N–H and O–H groups in total. The highest BCUT2D eigenvalue weighted by atomic mass is 32.1. The molecule has 1 saturated heterocycles. The number of carbonyl (C=O) groups excluding carboxylic acids is 1. The first-order chi connectivity index (χ1) is 12.7. The topological polar surface area (TPSA) is 56.7 Å². The maximum Gasteiger partial charge on any atom is 0.222 e. The van der Waals surface area contributed by atoms with Gasteiger partial charge in [0.25, 0.3) is 0 Å². The lowest BCUT2D eigenvalue weighted by Gasteiger charge is -2.37. The predicted molar refractivity (Wildman–Crippen MR) is 109 cm³/mol. The highest BCUT2D eigenvalue weighted by Gasteiger charge is 2.35. The van der Waals surface area contributed by atoms with Gasteiger partial charge in [-0.15, -0.1) is 11.3 Å². The molecule has 1 atom stereocenters. The Bertz CT molecular complexity index is 607. The van der Waals surface area contributed by atoms with Crippen LogP contribution in [0.3, 0.4) is 0 Å². The first-order valence-corrected chi connectivity index (χ1v) is 10.8. The van der Waals surface area contributed by atoms with Crippen molar-refractivity contribution in [3.63, 3.8) is 0 Å². The number of nitrogens with zero attached hydrogens (tertiary/aromatic N) is 2. The third-order valence-corrected chi connectivity index (χ3v) is 6.97. The molecule has 2 aliphatic rings. The van der Waals surface area contributed by atoms with E-state index >= 15 is 0 Å². The number of guanidine groups is 1. The molecule has 1 saturated carbocycles. The summed E-state index contributed by atoms with van der Waals surface area (Å²) >= 11 is 1.88. The van der Waals surface area contributed by atoms with Crippen molar-refractivity contribution < 1.29 is 4.79 Å². The van der Waals surface area contributed by atoms with Gasteiger partial charge in [0.1, 0.15) is 0 Å². The van der Waals surface area contributed by atoms with Gasteiger partial charge >= 0.3 is 0 Å². The summed E-state index contributed by atoms with van der Waals surface area (Å²) in [6, 6.07) is 4.75. The molecule has 26 heavy (non-hydrogen) atoms. The fourth-order valence-corrected chi connectivity index (χ4v) is 5.28. The number of nitrogens with one attached hydrogen (secondary N) is 2. The van der Waals surface area contributed by atoms with Crippen LogP contribution < -0.4 is 10.6 Å². The minimum absolute atomic E-state index is 0.240. The molecule has 2 heterocycles. The summed E-state index contributed by atoms with van der Waals surface area (Å²) in [6.07, 6.45) is 8.04. The van der Waals surface area contributed by atoms with Crippen molar-refractivity contribution in [3.05, 3.63) is 22.4 Å². The van der Waals surface area contributed by atoms with Crippen LogP contribution in [0.1, 0.15) is 56.7 Å². The minimum atomic E-state index is 0.240. The lowest BCUT2D eigenvalue weighted by Crippen LogP contribution is -2.49. The largest absolute Gasteiger partial charge is 0.355 e. The Morgan fingerprint density at radius 3 is 2.85 bits per heavy atom. The molecule has 1 aromatic rings. The standard InChI is InChI=1S/C20H32N4OS/c1-3-18(25)24-12-9-16(14-24)23-19(21-2)22-15-20(10-5-4-6-11-20)17-8-7-13-26-17/h7-8,13,16H,3-6,9-12,14-15H2,1-2H3,(H2,21,22,23). The fourth-order valence-electron chi connectivity index (χ4n) is 4.29. The van der Waals surface area contributed by atoms with Crippen molar-refractivity contribution in [2.24, 2.45) is 4.99 Å². The average molecular weight is 377 g/mol. The first kappa shape index (κ1) is 19.2. The third kappa shape index (κ3) is 4.40. The number of amides is 1. The summed E-state index contributed by atoms with van der Waals surface area (Å²) < 4.78 is 0. The molecule has 0 aromatic carbocycles. The van der Waals surface area contributed by atoms with Gasteiger partial charge in [-0.25, -0.2) is 0 Å². The molecule has 1 aliphatic heterocycles. The molecule has 144 valence electrons. The van der Waals surface area contributed by atoms with E-state index in [4.69, 9.17) is 0 Å². The van der Waals surface area contributed by atoms with Gasteiger partial charge in [0.15, 0.2) is 5.96 Å². The van der Waals surface area contributed by atoms with Crippen LogP contribution in [0.2, 0.25) is 0 Å². The van der Waals surface area contributed by atoms with Crippen molar-refractivity contribution in [1.29, 1.82) is 0 Å². The van der Waals surface area contributed by atoms with Crippen molar-refractivity contribution in [3.8, 4) is 0 Å². The lowest BCUT2D eigenvalue weighted by atomic mass is 9.73. The van der Waals surface area contributed by atoms with E-state index in [9.17, 15) is 4.79 Å². The summed E-state index contributed by atoms with van der Waals surface area (Å²) in [6.45, 7) is 4.49. The Kier molecular flexibility index (Phi) is 6.57. The van der Waals surface area contributed by atoms with E-state index in [1.807, 2.05) is 30.2 Å². The number of thiophene rings is 1. The molecule has 0 radical (unpaired) electrons. The normalized spacial score (nSPS) is 23.1. The van der Waals surface area contributed by atoms with Gasteiger partial charge in [0.05, 0.1) is 0 Å². The SMILES string of the molecule is CCC(=O)N1CCC(NC(=NC)NCC2(c3cccs3)CCCCC2)C1. The van der Waals surface area contributed by atoms with E-state index in [1.54, 1.807) is 0 Å². The van der Waals surface area contributed by atoms with E-state index in [2.05, 4.69) is 33.1 Å². The number of aliphatic imine (C=N–C) groups is 1. The van der Waals surface area contributed by atoms with Crippen molar-refractivity contribution in [2.45, 2.75) is 63.3 Å². The van der Waals surface area contributed by atoms with Gasteiger partial charge in [-0.05, 0) is 30.7 Å². The number of hydrogen-bond donors (Lipinski definition) is 2. The maximum absolute atomic E-state index is 11.9. The Balaban J connectivity index is 1.57. The van der Waals surface area contributed by atoms with Crippen LogP contribution in [-0.4, -0.2) is 49.5 Å². The van der Waals surface area contributed by atoms with Crippen LogP contribution in [0, 0.1) is 0 Å². The Hall–Kier alpha value is -1.56. The van der Waals surface area contributed by atoms with E-state index in [-0.39, 0.29) is 11.3 Å². The Morgan fingerprint density at radius 2 is 2.19 bits per heavy atom. The molecule has 3 rings (SSSR count). The van der Waals surface area contributed by atoms with Gasteiger partial charge in [0.2, 0.25) is 5.91 Å². The zero-order valence-electron chi connectivity index (χ0n) is 16.1. The molecule has 5 nitrogen and oxygen atoms in total. The number of carbonyl (C=O) groups is 1. The number of likely N-dealkylation sites (tertiary alicyclic amines) is 1. The van der Waals surface area contributed by atoms with Crippen molar-refractivity contribution in [2.75, 3.05) is 26.7 Å². The van der Waals surface area contributed by atoms with Gasteiger partial charge in [-0.3, -0.25) is 9.79 Å². The van der Waals surface area contributed by atoms with Gasteiger partial charge in [-0.1, -0.05) is 32.3 Å². The highest BCUT2D eigenvalue weighted by Crippen LogP contribution is 2.41. The van der Waals surface area contributed by atoms with E-state index in [1.165, 1.54) is 37.0 Å². The highest BCUT2D eigenvalue weighted by molar-refractivity contribution is 7.10. The van der Waals surface area contributed by atoms with E-state index in [0.29, 0.717) is 12.5 Å². The molecule has 2 fully saturated rings. The predicted octanol–water partition coefficient (Wildman–Crippen LogP) is 3.13. The van der Waals surface area contributed by atoms with Crippen LogP contribution >= 0.6 is 11.3 Å². The van der Waals surface area contributed by atoms with Crippen LogP contribution in [-0.2, 0) is 10.2 Å². The summed E-state index contributed by atoms with van der Waals surface area (Å²) in [4.78, 5) is 19.8. The Labute approximate surface area is 161 Å². The van der Waals surface area contributed by atoms with Crippen molar-refractivity contribution >= 4 is 23.2 Å². The zero-order chi connectivity index (χ0) is 18.4. The molecule has 6 heteroatoms. The quantitative estimate of drug-likeness (QED) is 0.613. The lowest BCUT2D eigenvalue weighted by molar-refractivity contribution is -0.129. The monoisotopic (exact) mass is 376 g/mol. The van der Waals surface area contributed by atoms with Gasteiger partial charge in [-0.2, -0.15) is 0 Å². The molecule has 1 aromatic heterocycles. The second kappa shape index (κ2) is 8.89. The van der Waals surface area contributed by atoms with Crippen LogP contribution in [0.4, 0.5) is 0 Å². The Morgan fingerprint density at radius 1 is 1.38 bits per heavy atom. The summed E-state index contributed by atoms with van der Waals surface area (Å²) in [5.41, 5.74) is 0.240. The molecule has 0 bridgehead atoms. The smallest absolute Gasteiger partial charge is 0.222 e. The minimum Gasteiger partial charge on any atom is -0.355 e. The zero-order valence-corrected chi connectivity index (χ0v) is 16.9. The van der Waals surface area contributed by atoms with Gasteiger partial charge < -0.3 is 15.5 Å². The van der Waals surface area contributed by atoms with E-state index < -0.39 is 0 Å². The summed E-state index contributed by atoms with van der Waals surface area (Å²) in [5, 5.41) is 9.31.